The Bertz CT molecular complexity index is 1610. The van der Waals surface area contributed by atoms with Gasteiger partial charge in [0, 0.05) is 42.3 Å². The predicted molar refractivity (Wildman–Crippen MR) is 170 cm³/mol. The second-order valence-corrected chi connectivity index (χ2v) is 13.8. The van der Waals surface area contributed by atoms with Crippen LogP contribution < -0.4 is 4.57 Å². The first-order chi connectivity index (χ1) is 23.4. The Morgan fingerprint density at radius 3 is 2.65 bits per heavy atom. The number of nitrogens with one attached hydrogen (secondary N) is 1. The maximum atomic E-state index is 13.6. The summed E-state index contributed by atoms with van der Waals surface area (Å²) < 4.78 is 37.0. The van der Waals surface area contributed by atoms with Crippen LogP contribution in [0, 0.1) is 29.6 Å². The highest BCUT2D eigenvalue weighted by Gasteiger charge is 2.69. The van der Waals surface area contributed by atoms with Crippen molar-refractivity contribution >= 4 is 23.9 Å². The number of aliphatic hydroxyl groups is 1. The van der Waals surface area contributed by atoms with Gasteiger partial charge in [-0.05, 0) is 32.3 Å². The van der Waals surface area contributed by atoms with Crippen LogP contribution in [0.15, 0.2) is 60.1 Å². The van der Waals surface area contributed by atoms with Crippen LogP contribution in [0.5, 0.6) is 0 Å². The van der Waals surface area contributed by atoms with E-state index >= 15 is 0 Å². The standard InChI is InChI=1S/C36H44N2O11/c1-18-13-19(2)36-23(11-12-25-27(36)28(39)20(3)30(31(25)49-36)48-32(40)22-9-7-8-10-22)14-26(44-6)33(41)47-29(18)21(4)46-35(43)34(42)45-16-24-15-37-17-38(24)5/h7-9,11-13,15,17-18,20-21,23,25-31,39H,10,14,16H2,1-6H3/p+1/b19-13+/t18-,20-,21-,23-,25?,26+,27?,28?,29+,30-,31-,36+/m1/s1. The fourth-order valence-electron chi connectivity index (χ4n) is 8.34. The van der Waals surface area contributed by atoms with Crippen LogP contribution in [0.4, 0.5) is 0 Å². The summed E-state index contributed by atoms with van der Waals surface area (Å²) in [5.74, 6) is -5.49. The van der Waals surface area contributed by atoms with Crippen molar-refractivity contribution in [1.82, 2.24) is 4.98 Å². The molecular weight excluding hydrogens is 636 g/mol. The first kappa shape index (κ1) is 34.8. The number of cyclic esters (lactones) is 1. The van der Waals surface area contributed by atoms with E-state index in [9.17, 15) is 24.3 Å². The molecule has 5 aliphatic rings. The van der Waals surface area contributed by atoms with Crippen molar-refractivity contribution in [3.05, 3.63) is 65.8 Å². The topological polar surface area (TPSA) is 164 Å². The van der Waals surface area contributed by atoms with Gasteiger partial charge in [0.1, 0.15) is 36.2 Å². The number of esters is 4. The minimum absolute atomic E-state index is 0.144. The molecule has 49 heavy (non-hydrogen) atoms. The second kappa shape index (κ2) is 13.7. The summed E-state index contributed by atoms with van der Waals surface area (Å²) in [6.07, 6.45) is 10.1. The van der Waals surface area contributed by atoms with Crippen LogP contribution in [0.3, 0.4) is 0 Å². The van der Waals surface area contributed by atoms with E-state index in [1.165, 1.54) is 7.11 Å². The molecule has 13 heteroatoms. The Labute approximate surface area is 284 Å². The number of aliphatic hydroxyl groups excluding tert-OH is 1. The quantitative estimate of drug-likeness (QED) is 0.142. The summed E-state index contributed by atoms with van der Waals surface area (Å²) in [5.41, 5.74) is 0.922. The molecule has 1 aromatic heterocycles. The van der Waals surface area contributed by atoms with E-state index in [2.05, 4.69) is 4.98 Å². The third-order valence-electron chi connectivity index (χ3n) is 10.9. The van der Waals surface area contributed by atoms with Crippen molar-refractivity contribution in [1.29, 1.82) is 0 Å². The van der Waals surface area contributed by atoms with Crippen molar-refractivity contribution < 1.29 is 57.3 Å². The van der Waals surface area contributed by atoms with Crippen LogP contribution in [0.1, 0.15) is 46.2 Å². The SMILES string of the molecule is CO[C@H]1C[C@H]2C=CC3C4C(O)[C@@H](C)[C@@H](OC(=O)C5=CC=CC5)[C@@H]3O[C@]42/C(C)=C/[C@@H](C)[C@@H]([C@@H](C)OC(=O)C(=O)OCc2c[nH]c[n+]2C)OC1=O. The zero-order valence-corrected chi connectivity index (χ0v) is 28.6. The van der Waals surface area contributed by atoms with Gasteiger partial charge >= 0.3 is 23.9 Å². The van der Waals surface area contributed by atoms with E-state index in [4.69, 9.17) is 28.4 Å². The molecule has 0 radical (unpaired) electrons. The Morgan fingerprint density at radius 2 is 1.98 bits per heavy atom. The van der Waals surface area contributed by atoms with Crippen LogP contribution in [-0.2, 0) is 61.3 Å². The number of aromatic nitrogens is 2. The molecule has 0 aromatic carbocycles. The summed E-state index contributed by atoms with van der Waals surface area (Å²) in [6, 6.07) is 0. The molecule has 13 nitrogen and oxygen atoms in total. The van der Waals surface area contributed by atoms with Gasteiger partial charge in [-0.25, -0.2) is 28.7 Å². The van der Waals surface area contributed by atoms with Crippen molar-refractivity contribution in [3.63, 3.8) is 0 Å². The lowest BCUT2D eigenvalue weighted by atomic mass is 9.57. The molecule has 2 fully saturated rings. The molecule has 3 heterocycles. The average molecular weight is 682 g/mol. The number of carbonyl (C=O) groups excluding carboxylic acids is 4. The number of carbonyl (C=O) groups is 4. The van der Waals surface area contributed by atoms with Gasteiger partial charge < -0.3 is 33.5 Å². The predicted octanol–water partition coefficient (Wildman–Crippen LogP) is 2.09. The van der Waals surface area contributed by atoms with E-state index in [0.717, 1.165) is 5.57 Å². The molecule has 1 aromatic rings. The van der Waals surface area contributed by atoms with E-state index in [1.54, 1.807) is 37.1 Å². The number of hydrogen-bond donors (Lipinski definition) is 2. The largest absolute Gasteiger partial charge is 0.456 e. The van der Waals surface area contributed by atoms with Gasteiger partial charge in [0.05, 0.1) is 13.2 Å². The van der Waals surface area contributed by atoms with Crippen LogP contribution in [0.2, 0.25) is 0 Å². The summed E-state index contributed by atoms with van der Waals surface area (Å²) in [7, 11) is 3.17. The molecular formula is C36H45N2O11+. The lowest BCUT2D eigenvalue weighted by Crippen LogP contribution is -2.57. The fraction of sp³-hybridized carbons (Fsp3) is 0.583. The maximum Gasteiger partial charge on any atom is 0.417 e. The summed E-state index contributed by atoms with van der Waals surface area (Å²) >= 11 is 0. The third-order valence-corrected chi connectivity index (χ3v) is 10.9. The molecule has 12 atom stereocenters. The highest BCUT2D eigenvalue weighted by Crippen LogP contribution is 2.61. The Hall–Kier alpha value is -4.07. The third kappa shape index (κ3) is 6.16. The van der Waals surface area contributed by atoms with Gasteiger partial charge in [0.2, 0.25) is 6.33 Å². The van der Waals surface area contributed by atoms with Gasteiger partial charge in [0.15, 0.2) is 18.4 Å². The van der Waals surface area contributed by atoms with E-state index in [-0.39, 0.29) is 24.9 Å². The molecule has 2 N–H and O–H groups in total. The average Bonchev–Trinajstić information content (AvgIpc) is 3.80. The van der Waals surface area contributed by atoms with Crippen molar-refractivity contribution in [3.8, 4) is 0 Å². The molecule has 2 aliphatic heterocycles. The summed E-state index contributed by atoms with van der Waals surface area (Å²) in [6.45, 7) is 7.01. The van der Waals surface area contributed by atoms with Crippen molar-refractivity contribution in [2.45, 2.75) is 89.4 Å². The monoisotopic (exact) mass is 681 g/mol. The molecule has 264 valence electrons. The molecule has 6 rings (SSSR count). The number of ether oxygens (including phenoxy) is 6. The number of methoxy groups -OCH3 is 1. The molecule has 1 saturated carbocycles. The van der Waals surface area contributed by atoms with E-state index in [1.807, 2.05) is 51.2 Å². The second-order valence-electron chi connectivity index (χ2n) is 13.8. The number of aromatic amines is 1. The number of rotatable bonds is 7. The Balaban J connectivity index is 1.27. The van der Waals surface area contributed by atoms with E-state index in [0.29, 0.717) is 17.7 Å². The zero-order chi connectivity index (χ0) is 35.2. The molecule has 3 aliphatic carbocycles. The number of H-pyrrole nitrogens is 1. The highest BCUT2D eigenvalue weighted by atomic mass is 16.6. The van der Waals surface area contributed by atoms with Gasteiger partial charge in [-0.3, -0.25) is 0 Å². The van der Waals surface area contributed by atoms with Crippen molar-refractivity contribution in [2.75, 3.05) is 7.11 Å². The number of aryl methyl sites for hydroxylation is 1. The number of imidazole rings is 1. The fourth-order valence-corrected chi connectivity index (χ4v) is 8.34. The Kier molecular flexibility index (Phi) is 9.71. The van der Waals surface area contributed by atoms with Crippen LogP contribution in [-0.4, -0.2) is 83.3 Å². The molecule has 1 spiro atoms. The normalized spacial score (nSPS) is 38.0. The maximum absolute atomic E-state index is 13.6. The van der Waals surface area contributed by atoms with Gasteiger partial charge in [0.25, 0.3) is 0 Å². The number of nitrogens with zero attached hydrogens (tertiary/aromatic N) is 1. The molecule has 1 saturated heterocycles. The first-order valence-corrected chi connectivity index (χ1v) is 16.8. The number of allylic oxidation sites excluding steroid dienone is 3. The molecule has 0 amide bonds. The van der Waals surface area contributed by atoms with Crippen LogP contribution in [0.25, 0.3) is 0 Å². The van der Waals surface area contributed by atoms with Gasteiger partial charge in [-0.2, -0.15) is 0 Å². The smallest absolute Gasteiger partial charge is 0.417 e. The number of hydrogen-bond acceptors (Lipinski definition) is 11. The van der Waals surface area contributed by atoms with E-state index < -0.39 is 83.9 Å². The molecule has 3 unspecified atom stereocenters. The molecule has 4 bridgehead atoms. The van der Waals surface area contributed by atoms with Gasteiger partial charge in [-0.1, -0.05) is 50.3 Å². The van der Waals surface area contributed by atoms with Crippen LogP contribution >= 0.6 is 0 Å². The highest BCUT2D eigenvalue weighted by molar-refractivity contribution is 6.29. The zero-order valence-electron chi connectivity index (χ0n) is 28.6. The summed E-state index contributed by atoms with van der Waals surface area (Å²) in [4.78, 5) is 54.9. The Morgan fingerprint density at radius 1 is 1.20 bits per heavy atom. The minimum Gasteiger partial charge on any atom is -0.456 e. The minimum atomic E-state index is -1.22. The lowest BCUT2D eigenvalue weighted by Gasteiger charge is -2.49. The summed E-state index contributed by atoms with van der Waals surface area (Å²) in [5, 5.41) is 11.9. The van der Waals surface area contributed by atoms with Crippen molar-refractivity contribution in [2.24, 2.45) is 36.6 Å². The van der Waals surface area contributed by atoms with Gasteiger partial charge in [-0.15, -0.1) is 0 Å². The first-order valence-electron chi connectivity index (χ1n) is 16.8. The lowest BCUT2D eigenvalue weighted by molar-refractivity contribution is -0.679.